The quantitative estimate of drug-likeness (QED) is 0.715. The zero-order valence-corrected chi connectivity index (χ0v) is 10.9. The van der Waals surface area contributed by atoms with Crippen molar-refractivity contribution in [3.05, 3.63) is 35.9 Å². The molecule has 1 aromatic rings. The van der Waals surface area contributed by atoms with Crippen molar-refractivity contribution in [2.45, 2.75) is 51.2 Å². The van der Waals surface area contributed by atoms with Crippen LogP contribution in [0.1, 0.15) is 44.1 Å². The topological polar surface area (TPSA) is 26.3 Å². The third-order valence-corrected chi connectivity index (χ3v) is 3.81. The lowest BCUT2D eigenvalue weighted by atomic mass is 9.84. The first-order chi connectivity index (χ1) is 8.90. The number of carbonyl (C=O) groups is 1. The molecule has 1 saturated carbocycles. The monoisotopic (exact) mass is 246 g/mol. The van der Waals surface area contributed by atoms with Crippen LogP contribution in [0.5, 0.6) is 0 Å². The number of hydrogen-bond acceptors (Lipinski definition) is 2. The van der Waals surface area contributed by atoms with E-state index in [0.717, 1.165) is 6.29 Å². The Bertz CT molecular complexity index is 341. The van der Waals surface area contributed by atoms with Gasteiger partial charge in [-0.1, -0.05) is 49.6 Å². The summed E-state index contributed by atoms with van der Waals surface area (Å²) in [7, 11) is 0. The SMILES string of the molecule is O=CCC(OCc1ccccc1)C1CCCCC1. The maximum absolute atomic E-state index is 10.8. The molecule has 2 nitrogen and oxygen atoms in total. The van der Waals surface area contributed by atoms with Gasteiger partial charge < -0.3 is 9.53 Å². The molecule has 0 saturated heterocycles. The zero-order chi connectivity index (χ0) is 12.6. The predicted octanol–water partition coefficient (Wildman–Crippen LogP) is 3.74. The maximum Gasteiger partial charge on any atom is 0.122 e. The summed E-state index contributed by atoms with van der Waals surface area (Å²) in [6, 6.07) is 10.2. The van der Waals surface area contributed by atoms with Crippen molar-refractivity contribution in [2.75, 3.05) is 0 Å². The van der Waals surface area contributed by atoms with E-state index in [1.165, 1.54) is 37.7 Å². The second-order valence-electron chi connectivity index (χ2n) is 5.14. The van der Waals surface area contributed by atoms with Crippen LogP contribution in [0.2, 0.25) is 0 Å². The average molecular weight is 246 g/mol. The Balaban J connectivity index is 1.87. The molecular formula is C16H22O2. The van der Waals surface area contributed by atoms with Crippen LogP contribution in [0.25, 0.3) is 0 Å². The normalized spacial score (nSPS) is 18.4. The molecule has 0 amide bonds. The Hall–Kier alpha value is -1.15. The first kappa shape index (κ1) is 13.3. The Morgan fingerprint density at radius 1 is 1.17 bits per heavy atom. The summed E-state index contributed by atoms with van der Waals surface area (Å²) in [6.07, 6.45) is 8.00. The Labute approximate surface area is 109 Å². The second-order valence-corrected chi connectivity index (χ2v) is 5.14. The molecule has 98 valence electrons. The van der Waals surface area contributed by atoms with Gasteiger partial charge in [-0.3, -0.25) is 0 Å². The van der Waals surface area contributed by atoms with E-state index in [1.54, 1.807) is 0 Å². The third-order valence-electron chi connectivity index (χ3n) is 3.81. The van der Waals surface area contributed by atoms with Gasteiger partial charge in [-0.25, -0.2) is 0 Å². The lowest BCUT2D eigenvalue weighted by molar-refractivity contribution is -0.112. The summed E-state index contributed by atoms with van der Waals surface area (Å²) in [5.74, 6) is 0.577. The van der Waals surface area contributed by atoms with Gasteiger partial charge in [0.1, 0.15) is 6.29 Å². The summed E-state index contributed by atoms with van der Waals surface area (Å²) >= 11 is 0. The van der Waals surface area contributed by atoms with Gasteiger partial charge in [0.05, 0.1) is 12.7 Å². The molecule has 1 unspecified atom stereocenters. The van der Waals surface area contributed by atoms with E-state index < -0.39 is 0 Å². The van der Waals surface area contributed by atoms with Crippen LogP contribution >= 0.6 is 0 Å². The fourth-order valence-electron chi connectivity index (χ4n) is 2.77. The van der Waals surface area contributed by atoms with Gasteiger partial charge in [-0.2, -0.15) is 0 Å². The Morgan fingerprint density at radius 2 is 1.89 bits per heavy atom. The van der Waals surface area contributed by atoms with Crippen molar-refractivity contribution in [3.8, 4) is 0 Å². The van der Waals surface area contributed by atoms with Gasteiger partial charge in [0.25, 0.3) is 0 Å². The van der Waals surface area contributed by atoms with E-state index >= 15 is 0 Å². The molecule has 2 rings (SSSR count). The smallest absolute Gasteiger partial charge is 0.122 e. The van der Waals surface area contributed by atoms with E-state index in [0.29, 0.717) is 18.9 Å². The van der Waals surface area contributed by atoms with E-state index in [-0.39, 0.29) is 6.10 Å². The summed E-state index contributed by atoms with van der Waals surface area (Å²) in [6.45, 7) is 0.621. The van der Waals surface area contributed by atoms with Gasteiger partial charge >= 0.3 is 0 Å². The fourth-order valence-corrected chi connectivity index (χ4v) is 2.77. The summed E-state index contributed by atoms with van der Waals surface area (Å²) in [4.78, 5) is 10.8. The molecule has 1 atom stereocenters. The van der Waals surface area contributed by atoms with Crippen molar-refractivity contribution in [2.24, 2.45) is 5.92 Å². The van der Waals surface area contributed by atoms with Crippen LogP contribution < -0.4 is 0 Å². The van der Waals surface area contributed by atoms with Crippen LogP contribution in [0, 0.1) is 5.92 Å². The predicted molar refractivity (Wildman–Crippen MR) is 72.3 cm³/mol. The largest absolute Gasteiger partial charge is 0.373 e. The minimum absolute atomic E-state index is 0.114. The number of hydrogen-bond donors (Lipinski definition) is 0. The summed E-state index contributed by atoms with van der Waals surface area (Å²) in [5.41, 5.74) is 1.18. The highest BCUT2D eigenvalue weighted by atomic mass is 16.5. The Kier molecular flexibility index (Phi) is 5.40. The first-order valence-electron chi connectivity index (χ1n) is 6.99. The Morgan fingerprint density at radius 3 is 2.56 bits per heavy atom. The van der Waals surface area contributed by atoms with Crippen LogP contribution in [0.3, 0.4) is 0 Å². The van der Waals surface area contributed by atoms with Gasteiger partial charge in [0, 0.05) is 6.42 Å². The van der Waals surface area contributed by atoms with Crippen LogP contribution in [-0.2, 0) is 16.1 Å². The highest BCUT2D eigenvalue weighted by Crippen LogP contribution is 2.29. The van der Waals surface area contributed by atoms with Crippen molar-refractivity contribution >= 4 is 6.29 Å². The molecule has 0 spiro atoms. The van der Waals surface area contributed by atoms with E-state index in [9.17, 15) is 4.79 Å². The molecule has 0 aromatic heterocycles. The molecule has 0 aliphatic heterocycles. The molecule has 0 bridgehead atoms. The highest BCUT2D eigenvalue weighted by molar-refractivity contribution is 5.50. The fraction of sp³-hybridized carbons (Fsp3) is 0.562. The molecule has 1 aromatic carbocycles. The number of benzene rings is 1. The van der Waals surface area contributed by atoms with Crippen LogP contribution in [-0.4, -0.2) is 12.4 Å². The lowest BCUT2D eigenvalue weighted by Gasteiger charge is -2.29. The standard InChI is InChI=1S/C16H22O2/c17-12-11-16(15-9-5-2-6-10-15)18-13-14-7-3-1-4-8-14/h1,3-4,7-8,12,15-16H,2,5-6,9-11,13H2. The zero-order valence-electron chi connectivity index (χ0n) is 10.9. The lowest BCUT2D eigenvalue weighted by Crippen LogP contribution is -2.26. The second kappa shape index (κ2) is 7.32. The van der Waals surface area contributed by atoms with E-state index in [1.807, 2.05) is 18.2 Å². The summed E-state index contributed by atoms with van der Waals surface area (Å²) < 4.78 is 5.98. The number of carbonyl (C=O) groups excluding carboxylic acids is 1. The van der Waals surface area contributed by atoms with Crippen LogP contribution in [0.4, 0.5) is 0 Å². The van der Waals surface area contributed by atoms with Gasteiger partial charge in [0.15, 0.2) is 0 Å². The molecule has 0 radical (unpaired) electrons. The average Bonchev–Trinajstić information content (AvgIpc) is 2.45. The minimum Gasteiger partial charge on any atom is -0.373 e. The molecule has 1 aliphatic carbocycles. The van der Waals surface area contributed by atoms with Gasteiger partial charge in [-0.05, 0) is 24.3 Å². The molecule has 1 aliphatic rings. The summed E-state index contributed by atoms with van der Waals surface area (Å²) in [5, 5.41) is 0. The molecule has 0 N–H and O–H groups in total. The first-order valence-corrected chi connectivity index (χ1v) is 6.99. The highest BCUT2D eigenvalue weighted by Gasteiger charge is 2.23. The van der Waals surface area contributed by atoms with Gasteiger partial charge in [-0.15, -0.1) is 0 Å². The molecule has 1 fully saturated rings. The van der Waals surface area contributed by atoms with Crippen molar-refractivity contribution in [3.63, 3.8) is 0 Å². The molecule has 0 heterocycles. The molecule has 2 heteroatoms. The van der Waals surface area contributed by atoms with Gasteiger partial charge in [0.2, 0.25) is 0 Å². The number of ether oxygens (including phenoxy) is 1. The van der Waals surface area contributed by atoms with E-state index in [4.69, 9.17) is 4.74 Å². The van der Waals surface area contributed by atoms with Crippen molar-refractivity contribution in [1.82, 2.24) is 0 Å². The molecule has 18 heavy (non-hydrogen) atoms. The number of aldehydes is 1. The van der Waals surface area contributed by atoms with E-state index in [2.05, 4.69) is 12.1 Å². The van der Waals surface area contributed by atoms with Crippen molar-refractivity contribution in [1.29, 1.82) is 0 Å². The van der Waals surface area contributed by atoms with Crippen molar-refractivity contribution < 1.29 is 9.53 Å². The maximum atomic E-state index is 10.8. The third kappa shape index (κ3) is 3.95. The number of rotatable bonds is 6. The minimum atomic E-state index is 0.114. The van der Waals surface area contributed by atoms with Crippen LogP contribution in [0.15, 0.2) is 30.3 Å². The molecular weight excluding hydrogens is 224 g/mol.